The molecule has 1 fully saturated rings. The fourth-order valence-electron chi connectivity index (χ4n) is 2.85. The van der Waals surface area contributed by atoms with Gasteiger partial charge in [-0.2, -0.15) is 0 Å². The minimum atomic E-state index is -0.287. The fraction of sp³-hybridized carbons (Fsp3) is 0.500. The maximum atomic E-state index is 12.5. The molecule has 2 unspecified atom stereocenters. The number of hydrogen-bond acceptors (Lipinski definition) is 2. The lowest BCUT2D eigenvalue weighted by molar-refractivity contribution is -0.132. The third kappa shape index (κ3) is 3.37. The van der Waals surface area contributed by atoms with E-state index < -0.39 is 0 Å². The van der Waals surface area contributed by atoms with Crippen LogP contribution in [0.4, 0.5) is 0 Å². The molecular weight excluding hydrogens is 268 g/mol. The van der Waals surface area contributed by atoms with Gasteiger partial charge in [0, 0.05) is 19.0 Å². The summed E-state index contributed by atoms with van der Waals surface area (Å²) in [4.78, 5) is 14.8. The predicted octanol–water partition coefficient (Wildman–Crippen LogP) is 2.70. The summed E-state index contributed by atoms with van der Waals surface area (Å²) in [5.74, 6) is 0.260. The summed E-state index contributed by atoms with van der Waals surface area (Å²) in [7, 11) is 0. The van der Waals surface area contributed by atoms with Gasteiger partial charge in [0.15, 0.2) is 0 Å². The number of hydrogen-bond donors (Lipinski definition) is 1. The van der Waals surface area contributed by atoms with Crippen LogP contribution in [-0.2, 0) is 4.79 Å². The zero-order valence-electron chi connectivity index (χ0n) is 11.9. The average molecular weight is 290 g/mol. The Kier molecular flexibility index (Phi) is 5.12. The maximum absolute atomic E-state index is 12.5. The number of thiocarbonyl (C=S) groups is 1. The summed E-state index contributed by atoms with van der Waals surface area (Å²) in [5, 5.41) is 0. The van der Waals surface area contributed by atoms with Gasteiger partial charge in [0.2, 0.25) is 5.91 Å². The van der Waals surface area contributed by atoms with Crippen LogP contribution >= 0.6 is 12.2 Å². The number of carbonyl (C=O) groups excluding carboxylic acids is 1. The molecule has 1 heterocycles. The standard InChI is InChI=1S/C16H22N2OS/c1-2-6-14(15(17)20)16(19)18-10-9-13(11-18)12-7-4-3-5-8-12/h3-5,7-8,13-14H,2,6,9-11H2,1H3,(H2,17,20). The minimum Gasteiger partial charge on any atom is -0.393 e. The van der Waals surface area contributed by atoms with E-state index in [-0.39, 0.29) is 11.8 Å². The molecule has 108 valence electrons. The fourth-order valence-corrected chi connectivity index (χ4v) is 3.07. The quantitative estimate of drug-likeness (QED) is 0.848. The third-order valence-electron chi connectivity index (χ3n) is 3.99. The van der Waals surface area contributed by atoms with Crippen molar-refractivity contribution >= 4 is 23.1 Å². The summed E-state index contributed by atoms with van der Waals surface area (Å²) in [5.41, 5.74) is 7.03. The van der Waals surface area contributed by atoms with Crippen LogP contribution in [0, 0.1) is 5.92 Å². The van der Waals surface area contributed by atoms with E-state index in [9.17, 15) is 4.79 Å². The van der Waals surface area contributed by atoms with Crippen molar-refractivity contribution in [1.82, 2.24) is 4.90 Å². The molecule has 1 aromatic carbocycles. The van der Waals surface area contributed by atoms with Crippen molar-refractivity contribution in [2.75, 3.05) is 13.1 Å². The molecule has 0 saturated carbocycles. The van der Waals surface area contributed by atoms with E-state index in [2.05, 4.69) is 31.2 Å². The van der Waals surface area contributed by atoms with Crippen LogP contribution in [0.15, 0.2) is 30.3 Å². The molecule has 2 N–H and O–H groups in total. The van der Waals surface area contributed by atoms with Crippen molar-refractivity contribution in [2.24, 2.45) is 11.7 Å². The van der Waals surface area contributed by atoms with E-state index in [1.165, 1.54) is 5.56 Å². The predicted molar refractivity (Wildman–Crippen MR) is 85.6 cm³/mol. The van der Waals surface area contributed by atoms with Gasteiger partial charge in [0.1, 0.15) is 0 Å². The van der Waals surface area contributed by atoms with Crippen LogP contribution in [0.5, 0.6) is 0 Å². The molecule has 20 heavy (non-hydrogen) atoms. The first-order valence-corrected chi connectivity index (χ1v) is 7.67. The molecule has 1 aliphatic rings. The highest BCUT2D eigenvalue weighted by Crippen LogP contribution is 2.28. The van der Waals surface area contributed by atoms with Gasteiger partial charge in [-0.05, 0) is 18.4 Å². The normalized spacial score (nSPS) is 19.9. The Balaban J connectivity index is 2.01. The second-order valence-corrected chi connectivity index (χ2v) is 5.90. The third-order valence-corrected chi connectivity index (χ3v) is 4.27. The first-order valence-electron chi connectivity index (χ1n) is 7.26. The SMILES string of the molecule is CCCC(C(=O)N1CCC(c2ccccc2)C1)C(N)=S. The van der Waals surface area contributed by atoms with Crippen molar-refractivity contribution in [1.29, 1.82) is 0 Å². The highest BCUT2D eigenvalue weighted by atomic mass is 32.1. The number of nitrogens with zero attached hydrogens (tertiary/aromatic N) is 1. The smallest absolute Gasteiger partial charge is 0.232 e. The number of benzene rings is 1. The molecule has 1 aromatic rings. The molecule has 0 radical (unpaired) electrons. The van der Waals surface area contributed by atoms with Crippen LogP contribution in [0.1, 0.15) is 37.7 Å². The first kappa shape index (κ1) is 15.0. The molecule has 0 spiro atoms. The lowest BCUT2D eigenvalue weighted by atomic mass is 9.98. The number of likely N-dealkylation sites (tertiary alicyclic amines) is 1. The summed E-state index contributed by atoms with van der Waals surface area (Å²) < 4.78 is 0. The number of nitrogens with two attached hydrogens (primary N) is 1. The second kappa shape index (κ2) is 6.84. The van der Waals surface area contributed by atoms with Gasteiger partial charge < -0.3 is 10.6 Å². The van der Waals surface area contributed by atoms with Crippen molar-refractivity contribution in [3.8, 4) is 0 Å². The van der Waals surface area contributed by atoms with E-state index in [0.717, 1.165) is 32.4 Å². The summed E-state index contributed by atoms with van der Waals surface area (Å²) in [6, 6.07) is 10.4. The van der Waals surface area contributed by atoms with E-state index in [1.54, 1.807) is 0 Å². The minimum absolute atomic E-state index is 0.109. The Labute approximate surface area is 126 Å². The second-order valence-electron chi connectivity index (χ2n) is 5.42. The molecule has 0 bridgehead atoms. The Morgan fingerprint density at radius 3 is 2.75 bits per heavy atom. The van der Waals surface area contributed by atoms with E-state index >= 15 is 0 Å². The van der Waals surface area contributed by atoms with E-state index in [1.807, 2.05) is 11.0 Å². The largest absolute Gasteiger partial charge is 0.393 e. The van der Waals surface area contributed by atoms with Gasteiger partial charge in [-0.3, -0.25) is 4.79 Å². The van der Waals surface area contributed by atoms with Crippen molar-refractivity contribution in [2.45, 2.75) is 32.1 Å². The lowest BCUT2D eigenvalue weighted by Crippen LogP contribution is -2.40. The molecule has 2 rings (SSSR count). The highest BCUT2D eigenvalue weighted by Gasteiger charge is 2.32. The molecule has 1 saturated heterocycles. The molecule has 2 atom stereocenters. The van der Waals surface area contributed by atoms with Crippen LogP contribution < -0.4 is 5.73 Å². The monoisotopic (exact) mass is 290 g/mol. The molecule has 4 heteroatoms. The average Bonchev–Trinajstić information content (AvgIpc) is 2.94. The molecule has 1 amide bonds. The highest BCUT2D eigenvalue weighted by molar-refractivity contribution is 7.80. The van der Waals surface area contributed by atoms with Crippen LogP contribution in [0.25, 0.3) is 0 Å². The van der Waals surface area contributed by atoms with Crippen molar-refractivity contribution < 1.29 is 4.79 Å². The lowest BCUT2D eigenvalue weighted by Gasteiger charge is -2.22. The van der Waals surface area contributed by atoms with Crippen LogP contribution in [0.3, 0.4) is 0 Å². The Morgan fingerprint density at radius 2 is 2.15 bits per heavy atom. The molecule has 1 aliphatic heterocycles. The first-order chi connectivity index (χ1) is 9.63. The van der Waals surface area contributed by atoms with E-state index in [0.29, 0.717) is 10.9 Å². The molecule has 3 nitrogen and oxygen atoms in total. The summed E-state index contributed by atoms with van der Waals surface area (Å²) >= 11 is 5.05. The summed E-state index contributed by atoms with van der Waals surface area (Å²) in [6.45, 7) is 3.64. The van der Waals surface area contributed by atoms with Crippen LogP contribution in [-0.4, -0.2) is 28.9 Å². The molecule has 0 aromatic heterocycles. The van der Waals surface area contributed by atoms with Gasteiger partial charge in [-0.15, -0.1) is 0 Å². The van der Waals surface area contributed by atoms with Gasteiger partial charge >= 0.3 is 0 Å². The molecular formula is C16H22N2OS. The Bertz CT molecular complexity index is 475. The topological polar surface area (TPSA) is 46.3 Å². The number of amides is 1. The van der Waals surface area contributed by atoms with Gasteiger partial charge in [0.05, 0.1) is 10.9 Å². The molecule has 0 aliphatic carbocycles. The van der Waals surface area contributed by atoms with Gasteiger partial charge in [-0.25, -0.2) is 0 Å². The Hall–Kier alpha value is -1.42. The van der Waals surface area contributed by atoms with Crippen molar-refractivity contribution in [3.63, 3.8) is 0 Å². The zero-order chi connectivity index (χ0) is 14.5. The Morgan fingerprint density at radius 1 is 1.45 bits per heavy atom. The van der Waals surface area contributed by atoms with Gasteiger partial charge in [-0.1, -0.05) is 55.9 Å². The number of carbonyl (C=O) groups is 1. The number of rotatable bonds is 5. The van der Waals surface area contributed by atoms with Crippen molar-refractivity contribution in [3.05, 3.63) is 35.9 Å². The maximum Gasteiger partial charge on any atom is 0.232 e. The van der Waals surface area contributed by atoms with E-state index in [4.69, 9.17) is 18.0 Å². The van der Waals surface area contributed by atoms with Crippen LogP contribution in [0.2, 0.25) is 0 Å². The summed E-state index contributed by atoms with van der Waals surface area (Å²) in [6.07, 6.45) is 2.69. The zero-order valence-corrected chi connectivity index (χ0v) is 12.7. The van der Waals surface area contributed by atoms with Gasteiger partial charge in [0.25, 0.3) is 0 Å².